The lowest BCUT2D eigenvalue weighted by Gasteiger charge is -2.34. The van der Waals surface area contributed by atoms with Crippen LogP contribution in [0, 0.1) is 0 Å². The molecule has 2 aromatic heterocycles. The van der Waals surface area contributed by atoms with E-state index in [0.717, 1.165) is 11.4 Å². The fourth-order valence-corrected chi connectivity index (χ4v) is 14.1. The minimum Gasteiger partial charge on any atom is -0.309 e. The minimum atomic E-state index is -2.74. The molecule has 0 spiro atoms. The number of para-hydroxylation sites is 3. The largest absolute Gasteiger partial charge is 0.309 e. The summed E-state index contributed by atoms with van der Waals surface area (Å²) >= 11 is 0. The Kier molecular flexibility index (Phi) is 7.87. The number of fused-ring (bicyclic) bond motifs is 6. The van der Waals surface area contributed by atoms with Crippen LogP contribution in [0.2, 0.25) is 0 Å². The van der Waals surface area contributed by atoms with Crippen LogP contribution in [0.5, 0.6) is 0 Å². The van der Waals surface area contributed by atoms with Gasteiger partial charge in [-0.25, -0.2) is 0 Å². The number of benzene rings is 9. The molecule has 0 aliphatic rings. The Bertz CT molecular complexity index is 3050. The van der Waals surface area contributed by atoms with Gasteiger partial charge in [-0.1, -0.05) is 176 Å². The van der Waals surface area contributed by atoms with Crippen molar-refractivity contribution in [3.05, 3.63) is 231 Å². The molecule has 0 unspecified atom stereocenters. The van der Waals surface area contributed by atoms with E-state index in [-0.39, 0.29) is 0 Å². The molecule has 0 amide bonds. The summed E-state index contributed by atoms with van der Waals surface area (Å²) < 4.78 is 4.81. The highest BCUT2D eigenvalue weighted by atomic mass is 28.3. The van der Waals surface area contributed by atoms with Gasteiger partial charge < -0.3 is 9.13 Å². The Balaban J connectivity index is 1.13. The molecule has 0 atom stereocenters. The van der Waals surface area contributed by atoms with Crippen LogP contribution < -0.4 is 20.7 Å². The van der Waals surface area contributed by atoms with E-state index < -0.39 is 8.07 Å². The van der Waals surface area contributed by atoms with Gasteiger partial charge in [-0.05, 0) is 86.5 Å². The highest BCUT2D eigenvalue weighted by molar-refractivity contribution is 7.20. The topological polar surface area (TPSA) is 9.86 Å². The Hall–Kier alpha value is -7.20. The van der Waals surface area contributed by atoms with Crippen LogP contribution in [0.25, 0.3) is 66.1 Å². The van der Waals surface area contributed by atoms with Gasteiger partial charge in [0.05, 0.1) is 22.1 Å². The molecule has 2 nitrogen and oxygen atoms in total. The number of nitrogens with zero attached hydrogens (tertiary/aromatic N) is 2. The van der Waals surface area contributed by atoms with Gasteiger partial charge in [-0.15, -0.1) is 0 Å². The SMILES string of the molecule is c1ccc(-n2c3ccc(-c4ccc(-n5c6ccccc6c6ccccc65)cc4)cc3c3cc([Si](c4ccccc4)(c4ccccc4)c4ccccc4)ccc32)cc1. The summed E-state index contributed by atoms with van der Waals surface area (Å²) in [5.41, 5.74) is 9.56. The molecule has 9 aromatic carbocycles. The van der Waals surface area contributed by atoms with Crippen molar-refractivity contribution < 1.29 is 0 Å². The predicted molar refractivity (Wildman–Crippen MR) is 244 cm³/mol. The highest BCUT2D eigenvalue weighted by Gasteiger charge is 2.41. The molecule has 0 saturated carbocycles. The smallest absolute Gasteiger partial charge is 0.179 e. The summed E-state index contributed by atoms with van der Waals surface area (Å²) in [6.07, 6.45) is 0. The van der Waals surface area contributed by atoms with Crippen LogP contribution in [0.1, 0.15) is 0 Å². The van der Waals surface area contributed by atoms with Gasteiger partial charge in [0.25, 0.3) is 0 Å². The van der Waals surface area contributed by atoms with Crippen LogP contribution in [-0.4, -0.2) is 17.2 Å². The molecular weight excluding hydrogens is 705 g/mol. The Morgan fingerprint density at radius 1 is 0.246 bits per heavy atom. The van der Waals surface area contributed by atoms with Gasteiger partial charge in [-0.2, -0.15) is 0 Å². The average molecular weight is 743 g/mol. The first-order chi connectivity index (χ1) is 28.3. The molecular formula is C54H38N2Si. The molecule has 2 heterocycles. The molecule has 268 valence electrons. The van der Waals surface area contributed by atoms with Gasteiger partial charge in [-0.3, -0.25) is 0 Å². The maximum absolute atomic E-state index is 2.74. The second kappa shape index (κ2) is 13.5. The first kappa shape index (κ1) is 33.2. The third kappa shape index (κ3) is 5.24. The molecule has 57 heavy (non-hydrogen) atoms. The fraction of sp³-hybridized carbons (Fsp3) is 0. The Morgan fingerprint density at radius 3 is 1.16 bits per heavy atom. The van der Waals surface area contributed by atoms with E-state index in [1.165, 1.54) is 75.5 Å². The second-order valence-electron chi connectivity index (χ2n) is 14.9. The summed E-state index contributed by atoms with van der Waals surface area (Å²) in [6, 6.07) is 85.2. The Morgan fingerprint density at radius 2 is 0.632 bits per heavy atom. The minimum absolute atomic E-state index is 1.16. The third-order valence-electron chi connectivity index (χ3n) is 11.9. The van der Waals surface area contributed by atoms with Gasteiger partial charge in [0.1, 0.15) is 0 Å². The van der Waals surface area contributed by atoms with Crippen LogP contribution in [0.4, 0.5) is 0 Å². The summed E-state index contributed by atoms with van der Waals surface area (Å²) in [7, 11) is -2.74. The van der Waals surface area contributed by atoms with Crippen molar-refractivity contribution >= 4 is 72.4 Å². The third-order valence-corrected chi connectivity index (χ3v) is 16.6. The van der Waals surface area contributed by atoms with Crippen molar-refractivity contribution in [2.45, 2.75) is 0 Å². The Labute approximate surface area is 333 Å². The molecule has 0 radical (unpaired) electrons. The van der Waals surface area contributed by atoms with Gasteiger partial charge >= 0.3 is 0 Å². The number of hydrogen-bond donors (Lipinski definition) is 0. The van der Waals surface area contributed by atoms with E-state index in [9.17, 15) is 0 Å². The van der Waals surface area contributed by atoms with E-state index in [1.807, 2.05) is 0 Å². The molecule has 0 fully saturated rings. The van der Waals surface area contributed by atoms with Crippen LogP contribution in [0.15, 0.2) is 231 Å². The lowest BCUT2D eigenvalue weighted by atomic mass is 10.0. The summed E-state index contributed by atoms with van der Waals surface area (Å²) in [4.78, 5) is 0. The lowest BCUT2D eigenvalue weighted by Crippen LogP contribution is -2.74. The zero-order valence-corrected chi connectivity index (χ0v) is 32.3. The van der Waals surface area contributed by atoms with E-state index in [2.05, 4.69) is 240 Å². The molecule has 0 aliphatic heterocycles. The number of hydrogen-bond acceptors (Lipinski definition) is 0. The first-order valence-electron chi connectivity index (χ1n) is 19.7. The fourth-order valence-electron chi connectivity index (χ4n) is 9.36. The maximum atomic E-state index is 2.52. The normalized spacial score (nSPS) is 11.9. The molecule has 0 aliphatic carbocycles. The highest BCUT2D eigenvalue weighted by Crippen LogP contribution is 2.36. The van der Waals surface area contributed by atoms with Gasteiger partial charge in [0, 0.05) is 32.9 Å². The number of rotatable bonds is 7. The summed E-state index contributed by atoms with van der Waals surface area (Å²) in [5.74, 6) is 0. The molecule has 0 saturated heterocycles. The van der Waals surface area contributed by atoms with E-state index in [4.69, 9.17) is 0 Å². The molecule has 11 rings (SSSR count). The molecule has 0 bridgehead atoms. The summed E-state index contributed by atoms with van der Waals surface area (Å²) in [5, 5.41) is 10.5. The van der Waals surface area contributed by atoms with Crippen molar-refractivity contribution in [2.75, 3.05) is 0 Å². The van der Waals surface area contributed by atoms with Crippen molar-refractivity contribution in [1.82, 2.24) is 9.13 Å². The van der Waals surface area contributed by atoms with Crippen molar-refractivity contribution in [1.29, 1.82) is 0 Å². The van der Waals surface area contributed by atoms with E-state index in [1.54, 1.807) is 0 Å². The van der Waals surface area contributed by atoms with Crippen LogP contribution in [-0.2, 0) is 0 Å². The quantitative estimate of drug-likeness (QED) is 0.114. The standard InChI is InChI=1S/C54H38N2Si/c1-5-17-41(18-6-1)55-53-35-31-40(39-29-32-42(33-30-39)56-51-27-15-13-25-47(51)48-26-14-16-28-52(48)56)37-49(53)50-38-46(34-36-54(50)55)57(43-19-7-2-8-20-43,44-21-9-3-10-22-44)45-23-11-4-12-24-45/h1-38H. The summed E-state index contributed by atoms with van der Waals surface area (Å²) in [6.45, 7) is 0. The molecule has 11 aromatic rings. The number of aromatic nitrogens is 2. The zero-order valence-electron chi connectivity index (χ0n) is 31.3. The van der Waals surface area contributed by atoms with Crippen molar-refractivity contribution in [2.24, 2.45) is 0 Å². The zero-order chi connectivity index (χ0) is 37.8. The predicted octanol–water partition coefficient (Wildman–Crippen LogP) is 10.9. The van der Waals surface area contributed by atoms with Crippen molar-refractivity contribution in [3.8, 4) is 22.5 Å². The van der Waals surface area contributed by atoms with Gasteiger partial charge in [0.2, 0.25) is 0 Å². The van der Waals surface area contributed by atoms with Crippen molar-refractivity contribution in [3.63, 3.8) is 0 Å². The average Bonchev–Trinajstić information content (AvgIpc) is 3.80. The second-order valence-corrected chi connectivity index (χ2v) is 18.7. The monoisotopic (exact) mass is 742 g/mol. The lowest BCUT2D eigenvalue weighted by molar-refractivity contribution is 1.18. The molecule has 0 N–H and O–H groups in total. The van der Waals surface area contributed by atoms with E-state index >= 15 is 0 Å². The van der Waals surface area contributed by atoms with Crippen LogP contribution in [0.3, 0.4) is 0 Å². The molecule has 3 heteroatoms. The first-order valence-corrected chi connectivity index (χ1v) is 21.7. The van der Waals surface area contributed by atoms with Gasteiger partial charge in [0.15, 0.2) is 8.07 Å². The van der Waals surface area contributed by atoms with Crippen LogP contribution >= 0.6 is 0 Å². The maximum Gasteiger partial charge on any atom is 0.179 e. The van der Waals surface area contributed by atoms with E-state index in [0.29, 0.717) is 0 Å².